The molecule has 6 nitrogen and oxygen atoms in total. The first-order chi connectivity index (χ1) is 10.3. The minimum Gasteiger partial charge on any atom is -0.351 e. The highest BCUT2D eigenvalue weighted by Gasteiger charge is 2.20. The maximum atomic E-state index is 4.67. The minimum atomic E-state index is 0.838. The van der Waals surface area contributed by atoms with E-state index < -0.39 is 0 Å². The Morgan fingerprint density at radius 2 is 2.05 bits per heavy atom. The van der Waals surface area contributed by atoms with E-state index in [2.05, 4.69) is 43.5 Å². The summed E-state index contributed by atoms with van der Waals surface area (Å²) in [4.78, 5) is 10.5. The number of anilines is 1. The lowest BCUT2D eigenvalue weighted by atomic mass is 10.3. The summed E-state index contributed by atoms with van der Waals surface area (Å²) in [6.07, 6.45) is 3.70. The fourth-order valence-electron chi connectivity index (χ4n) is 2.65. The minimum absolute atomic E-state index is 0.838. The van der Waals surface area contributed by atoms with Crippen LogP contribution in [0.15, 0.2) is 30.0 Å². The van der Waals surface area contributed by atoms with Crippen LogP contribution in [0.25, 0.3) is 16.2 Å². The number of hydrogen-bond donors (Lipinski definition) is 0. The standard InChI is InChI=1S/C14H16N6S/c1-18-4-6-19(7-5-18)13-14-17-16-10-20(14)11(9-15-13)12-3-2-8-21-12/h2-3,8-10H,4-7H2,1H3. The zero-order valence-corrected chi connectivity index (χ0v) is 12.6. The van der Waals surface area contributed by atoms with Crippen molar-refractivity contribution >= 4 is 22.8 Å². The number of hydrogen-bond acceptors (Lipinski definition) is 6. The van der Waals surface area contributed by atoms with Crippen molar-refractivity contribution in [3.8, 4) is 10.6 Å². The van der Waals surface area contributed by atoms with E-state index in [1.807, 2.05) is 16.7 Å². The highest BCUT2D eigenvalue weighted by atomic mass is 32.1. The molecule has 1 aliphatic rings. The molecular formula is C14H16N6S. The summed E-state index contributed by atoms with van der Waals surface area (Å²) in [5, 5.41) is 10.4. The van der Waals surface area contributed by atoms with Crippen LogP contribution in [-0.2, 0) is 0 Å². The summed E-state index contributed by atoms with van der Waals surface area (Å²) in [5.74, 6) is 0.931. The Bertz CT molecular complexity index is 742. The first-order valence-corrected chi connectivity index (χ1v) is 7.87. The summed E-state index contributed by atoms with van der Waals surface area (Å²) in [6.45, 7) is 4.05. The van der Waals surface area contributed by atoms with Crippen LogP contribution in [0.5, 0.6) is 0 Å². The second kappa shape index (κ2) is 5.09. The highest BCUT2D eigenvalue weighted by molar-refractivity contribution is 7.13. The summed E-state index contributed by atoms with van der Waals surface area (Å²) in [7, 11) is 2.15. The molecule has 108 valence electrons. The lowest BCUT2D eigenvalue weighted by Crippen LogP contribution is -2.45. The van der Waals surface area contributed by atoms with Crippen molar-refractivity contribution in [2.24, 2.45) is 0 Å². The first kappa shape index (κ1) is 12.7. The van der Waals surface area contributed by atoms with Crippen LogP contribution in [0.1, 0.15) is 0 Å². The van der Waals surface area contributed by atoms with Gasteiger partial charge >= 0.3 is 0 Å². The van der Waals surface area contributed by atoms with Crippen LogP contribution in [0.4, 0.5) is 5.82 Å². The van der Waals surface area contributed by atoms with Gasteiger partial charge < -0.3 is 9.80 Å². The third-order valence-electron chi connectivity index (χ3n) is 3.89. The Labute approximate surface area is 126 Å². The Morgan fingerprint density at radius 3 is 2.81 bits per heavy atom. The second-order valence-electron chi connectivity index (χ2n) is 5.26. The van der Waals surface area contributed by atoms with E-state index in [0.717, 1.165) is 43.3 Å². The molecule has 0 aliphatic carbocycles. The maximum Gasteiger partial charge on any atom is 0.204 e. The summed E-state index contributed by atoms with van der Waals surface area (Å²) in [5.41, 5.74) is 1.88. The molecule has 1 aliphatic heterocycles. The molecule has 0 saturated carbocycles. The topological polar surface area (TPSA) is 49.6 Å². The van der Waals surface area contributed by atoms with E-state index in [0.29, 0.717) is 0 Å². The van der Waals surface area contributed by atoms with Crippen LogP contribution < -0.4 is 4.90 Å². The van der Waals surface area contributed by atoms with Gasteiger partial charge in [-0.1, -0.05) is 6.07 Å². The van der Waals surface area contributed by atoms with E-state index in [4.69, 9.17) is 0 Å². The van der Waals surface area contributed by atoms with Gasteiger partial charge in [-0.25, -0.2) is 4.98 Å². The molecule has 7 heteroatoms. The monoisotopic (exact) mass is 300 g/mol. The third-order valence-corrected chi connectivity index (χ3v) is 4.79. The summed E-state index contributed by atoms with van der Waals surface area (Å²) >= 11 is 1.70. The van der Waals surface area contributed by atoms with E-state index in [9.17, 15) is 0 Å². The first-order valence-electron chi connectivity index (χ1n) is 6.99. The fraction of sp³-hybridized carbons (Fsp3) is 0.357. The van der Waals surface area contributed by atoms with E-state index in [1.165, 1.54) is 4.88 Å². The lowest BCUT2D eigenvalue weighted by molar-refractivity contribution is 0.312. The lowest BCUT2D eigenvalue weighted by Gasteiger charge is -2.33. The number of piperazine rings is 1. The number of thiophene rings is 1. The quantitative estimate of drug-likeness (QED) is 0.719. The van der Waals surface area contributed by atoms with Gasteiger partial charge in [-0.05, 0) is 18.5 Å². The zero-order valence-electron chi connectivity index (χ0n) is 11.8. The van der Waals surface area contributed by atoms with Gasteiger partial charge in [0.05, 0.1) is 16.8 Å². The van der Waals surface area contributed by atoms with Crippen LogP contribution in [0.3, 0.4) is 0 Å². The third kappa shape index (κ3) is 2.18. The number of aromatic nitrogens is 4. The Kier molecular flexibility index (Phi) is 3.08. The summed E-state index contributed by atoms with van der Waals surface area (Å²) in [6, 6.07) is 4.14. The molecule has 0 aromatic carbocycles. The molecule has 0 amide bonds. The molecule has 1 saturated heterocycles. The molecule has 0 atom stereocenters. The van der Waals surface area contributed by atoms with Crippen molar-refractivity contribution in [1.29, 1.82) is 0 Å². The Hall–Kier alpha value is -1.99. The number of fused-ring (bicyclic) bond motifs is 1. The van der Waals surface area contributed by atoms with Gasteiger partial charge in [-0.15, -0.1) is 21.5 Å². The smallest absolute Gasteiger partial charge is 0.204 e. The molecule has 0 unspecified atom stereocenters. The Balaban J connectivity index is 1.78. The van der Waals surface area contributed by atoms with Crippen LogP contribution in [-0.4, -0.2) is 57.7 Å². The van der Waals surface area contributed by atoms with Crippen LogP contribution in [0, 0.1) is 0 Å². The average Bonchev–Trinajstić information content (AvgIpc) is 3.19. The van der Waals surface area contributed by atoms with Crippen molar-refractivity contribution in [2.45, 2.75) is 0 Å². The van der Waals surface area contributed by atoms with E-state index in [1.54, 1.807) is 17.7 Å². The zero-order chi connectivity index (χ0) is 14.2. The molecule has 0 N–H and O–H groups in total. The van der Waals surface area contributed by atoms with Gasteiger partial charge in [-0.3, -0.25) is 4.40 Å². The SMILES string of the molecule is CN1CCN(c2ncc(-c3cccs3)n3cnnc23)CC1. The largest absolute Gasteiger partial charge is 0.351 e. The van der Waals surface area contributed by atoms with Gasteiger partial charge in [-0.2, -0.15) is 0 Å². The molecule has 0 radical (unpaired) electrons. The Morgan fingerprint density at radius 1 is 1.19 bits per heavy atom. The van der Waals surface area contributed by atoms with Crippen molar-refractivity contribution < 1.29 is 0 Å². The van der Waals surface area contributed by atoms with Crippen molar-refractivity contribution in [3.05, 3.63) is 30.0 Å². The molecule has 3 aromatic rings. The highest BCUT2D eigenvalue weighted by Crippen LogP contribution is 2.28. The van der Waals surface area contributed by atoms with E-state index in [-0.39, 0.29) is 0 Å². The molecule has 0 bridgehead atoms. The van der Waals surface area contributed by atoms with E-state index >= 15 is 0 Å². The molecule has 4 rings (SSSR count). The predicted octanol–water partition coefficient (Wildman–Crippen LogP) is 1.60. The normalized spacial score (nSPS) is 16.7. The van der Waals surface area contributed by atoms with Gasteiger partial charge in [0, 0.05) is 26.2 Å². The van der Waals surface area contributed by atoms with Gasteiger partial charge in [0.2, 0.25) is 5.65 Å². The van der Waals surface area contributed by atoms with Crippen LogP contribution >= 0.6 is 11.3 Å². The molecule has 0 spiro atoms. The van der Waals surface area contributed by atoms with Crippen LogP contribution in [0.2, 0.25) is 0 Å². The molecule has 21 heavy (non-hydrogen) atoms. The predicted molar refractivity (Wildman–Crippen MR) is 83.8 cm³/mol. The molecule has 1 fully saturated rings. The maximum absolute atomic E-state index is 4.67. The number of likely N-dealkylation sites (N-methyl/N-ethyl adjacent to an activating group) is 1. The van der Waals surface area contributed by atoms with Gasteiger partial charge in [0.25, 0.3) is 0 Å². The van der Waals surface area contributed by atoms with Crippen molar-refractivity contribution in [2.75, 3.05) is 38.1 Å². The average molecular weight is 300 g/mol. The van der Waals surface area contributed by atoms with Crippen molar-refractivity contribution in [3.63, 3.8) is 0 Å². The molecule has 3 aromatic heterocycles. The molecule has 4 heterocycles. The molecular weight excluding hydrogens is 284 g/mol. The second-order valence-corrected chi connectivity index (χ2v) is 6.21. The van der Waals surface area contributed by atoms with Crippen molar-refractivity contribution in [1.82, 2.24) is 24.5 Å². The summed E-state index contributed by atoms with van der Waals surface area (Å²) < 4.78 is 2.03. The fourth-order valence-corrected chi connectivity index (χ4v) is 3.39. The number of nitrogens with zero attached hydrogens (tertiary/aromatic N) is 6. The van der Waals surface area contributed by atoms with Gasteiger partial charge in [0.15, 0.2) is 5.82 Å². The van der Waals surface area contributed by atoms with Gasteiger partial charge in [0.1, 0.15) is 6.33 Å². The number of rotatable bonds is 2.